The first kappa shape index (κ1) is 14.9. The zero-order chi connectivity index (χ0) is 16.7. The van der Waals surface area contributed by atoms with E-state index < -0.39 is 0 Å². The largest absolute Gasteiger partial charge is 0.347 e. The number of aromatic amines is 1. The van der Waals surface area contributed by atoms with E-state index in [-0.39, 0.29) is 17.9 Å². The molecule has 4 rings (SSSR count). The van der Waals surface area contributed by atoms with E-state index in [9.17, 15) is 9.59 Å². The Labute approximate surface area is 140 Å². The van der Waals surface area contributed by atoms with Crippen LogP contribution >= 0.6 is 0 Å². The molecule has 0 radical (unpaired) electrons. The highest BCUT2D eigenvalue weighted by Crippen LogP contribution is 2.37. The average molecular weight is 324 g/mol. The summed E-state index contributed by atoms with van der Waals surface area (Å²) in [6.45, 7) is 2.78. The third kappa shape index (κ3) is 2.68. The van der Waals surface area contributed by atoms with E-state index in [0.717, 1.165) is 17.5 Å². The molecule has 2 N–H and O–H groups in total. The number of rotatable bonds is 4. The van der Waals surface area contributed by atoms with Crippen LogP contribution in [0.4, 0.5) is 0 Å². The molecule has 2 fully saturated rings. The van der Waals surface area contributed by atoms with Crippen molar-refractivity contribution >= 4 is 11.8 Å². The Morgan fingerprint density at radius 3 is 2.88 bits per heavy atom. The van der Waals surface area contributed by atoms with Gasteiger partial charge in [0, 0.05) is 36.3 Å². The number of hydrogen-bond acceptors (Lipinski definition) is 3. The highest BCUT2D eigenvalue weighted by atomic mass is 16.2. The Kier molecular flexibility index (Phi) is 3.59. The van der Waals surface area contributed by atoms with Crippen LogP contribution in [0.5, 0.6) is 0 Å². The molecular weight excluding hydrogens is 304 g/mol. The summed E-state index contributed by atoms with van der Waals surface area (Å²) in [6, 6.07) is 7.70. The molecule has 2 heterocycles. The maximum Gasteiger partial charge on any atom is 0.252 e. The van der Waals surface area contributed by atoms with Crippen molar-refractivity contribution in [2.24, 2.45) is 5.92 Å². The van der Waals surface area contributed by atoms with Crippen molar-refractivity contribution in [2.45, 2.75) is 31.8 Å². The summed E-state index contributed by atoms with van der Waals surface area (Å²) < 4.78 is 0. The molecule has 1 saturated heterocycles. The number of hydrogen-bond donors (Lipinski definition) is 2. The van der Waals surface area contributed by atoms with Gasteiger partial charge in [-0.2, -0.15) is 5.10 Å². The molecule has 0 spiro atoms. The predicted octanol–water partition coefficient (Wildman–Crippen LogP) is 1.82. The fourth-order valence-corrected chi connectivity index (χ4v) is 3.48. The Morgan fingerprint density at radius 1 is 1.38 bits per heavy atom. The van der Waals surface area contributed by atoms with Crippen LogP contribution in [-0.2, 0) is 4.79 Å². The Morgan fingerprint density at radius 2 is 2.17 bits per heavy atom. The minimum Gasteiger partial charge on any atom is -0.347 e. The molecule has 3 unspecified atom stereocenters. The summed E-state index contributed by atoms with van der Waals surface area (Å²) in [5.74, 6) is 0.596. The van der Waals surface area contributed by atoms with Crippen LogP contribution in [0, 0.1) is 5.92 Å². The first-order valence-electron chi connectivity index (χ1n) is 8.32. The van der Waals surface area contributed by atoms with Gasteiger partial charge in [-0.3, -0.25) is 14.7 Å². The third-order valence-corrected chi connectivity index (χ3v) is 4.94. The van der Waals surface area contributed by atoms with Crippen molar-refractivity contribution in [3.63, 3.8) is 0 Å². The minimum atomic E-state index is -0.143. The van der Waals surface area contributed by atoms with Gasteiger partial charge in [0.15, 0.2) is 0 Å². The van der Waals surface area contributed by atoms with E-state index >= 15 is 0 Å². The van der Waals surface area contributed by atoms with Crippen molar-refractivity contribution in [1.29, 1.82) is 0 Å². The van der Waals surface area contributed by atoms with Crippen LogP contribution in [0.1, 0.15) is 30.1 Å². The van der Waals surface area contributed by atoms with E-state index in [1.54, 1.807) is 18.5 Å². The quantitative estimate of drug-likeness (QED) is 0.900. The topological polar surface area (TPSA) is 78.1 Å². The fraction of sp³-hybridized carbons (Fsp3) is 0.389. The number of carbonyl (C=O) groups excluding carboxylic acids is 2. The normalized spacial score (nSPS) is 25.8. The number of aromatic nitrogens is 2. The molecule has 1 aliphatic heterocycles. The molecule has 3 atom stereocenters. The van der Waals surface area contributed by atoms with E-state index in [1.165, 1.54) is 0 Å². The molecule has 1 aromatic carbocycles. The highest BCUT2D eigenvalue weighted by molar-refractivity contribution is 6.01. The molecule has 0 bridgehead atoms. The van der Waals surface area contributed by atoms with Crippen LogP contribution in [0.15, 0.2) is 36.7 Å². The molecular formula is C18H20N4O2. The van der Waals surface area contributed by atoms with Crippen molar-refractivity contribution in [3.8, 4) is 11.1 Å². The summed E-state index contributed by atoms with van der Waals surface area (Å²) in [6.07, 6.45) is 4.93. The summed E-state index contributed by atoms with van der Waals surface area (Å²) in [5.41, 5.74) is 2.31. The zero-order valence-corrected chi connectivity index (χ0v) is 13.5. The lowest BCUT2D eigenvalue weighted by molar-refractivity contribution is -0.128. The van der Waals surface area contributed by atoms with Gasteiger partial charge in [0.05, 0.1) is 12.2 Å². The summed E-state index contributed by atoms with van der Waals surface area (Å²) in [5, 5.41) is 9.74. The van der Waals surface area contributed by atoms with Crippen LogP contribution < -0.4 is 5.32 Å². The summed E-state index contributed by atoms with van der Waals surface area (Å²) >= 11 is 0. The smallest absolute Gasteiger partial charge is 0.252 e. The van der Waals surface area contributed by atoms with Crippen LogP contribution in [0.3, 0.4) is 0 Å². The number of H-pyrrole nitrogens is 1. The zero-order valence-electron chi connectivity index (χ0n) is 13.5. The van der Waals surface area contributed by atoms with Crippen molar-refractivity contribution in [3.05, 3.63) is 42.2 Å². The summed E-state index contributed by atoms with van der Waals surface area (Å²) in [7, 11) is 0. The van der Waals surface area contributed by atoms with Gasteiger partial charge in [-0.1, -0.05) is 25.1 Å². The molecule has 2 aliphatic rings. The van der Waals surface area contributed by atoms with Gasteiger partial charge in [0.25, 0.3) is 5.91 Å². The molecule has 6 heteroatoms. The number of nitrogens with one attached hydrogen (secondary N) is 2. The Balaban J connectivity index is 1.49. The van der Waals surface area contributed by atoms with Crippen LogP contribution in [0.25, 0.3) is 11.1 Å². The molecule has 24 heavy (non-hydrogen) atoms. The average Bonchev–Trinajstić information content (AvgIpc) is 2.99. The maximum atomic E-state index is 12.7. The second-order valence-electron chi connectivity index (χ2n) is 6.73. The van der Waals surface area contributed by atoms with Gasteiger partial charge in [0.2, 0.25) is 5.91 Å². The first-order chi connectivity index (χ1) is 11.6. The predicted molar refractivity (Wildman–Crippen MR) is 89.2 cm³/mol. The second kappa shape index (κ2) is 5.78. The standard InChI is InChI=1S/C18H20N4O2/c1-11-6-16(11)22-10-13(7-17(22)23)21-18(24)15-5-3-2-4-14(15)12-8-19-20-9-12/h2-5,8-9,11,13,16H,6-7,10H2,1H3,(H,19,20)(H,21,24). The highest BCUT2D eigenvalue weighted by Gasteiger charge is 2.44. The molecule has 1 aromatic heterocycles. The lowest BCUT2D eigenvalue weighted by Crippen LogP contribution is -2.38. The van der Waals surface area contributed by atoms with Crippen LogP contribution in [0.2, 0.25) is 0 Å². The van der Waals surface area contributed by atoms with Crippen molar-refractivity contribution in [1.82, 2.24) is 20.4 Å². The van der Waals surface area contributed by atoms with E-state index in [1.807, 2.05) is 23.1 Å². The number of benzene rings is 1. The lowest BCUT2D eigenvalue weighted by atomic mass is 10.0. The second-order valence-corrected chi connectivity index (χ2v) is 6.73. The van der Waals surface area contributed by atoms with E-state index in [4.69, 9.17) is 0 Å². The maximum absolute atomic E-state index is 12.7. The Bertz CT molecular complexity index is 771. The molecule has 2 aromatic rings. The number of carbonyl (C=O) groups is 2. The molecule has 1 aliphatic carbocycles. The van der Waals surface area contributed by atoms with Gasteiger partial charge in [-0.15, -0.1) is 0 Å². The van der Waals surface area contributed by atoms with Gasteiger partial charge < -0.3 is 10.2 Å². The number of amides is 2. The molecule has 2 amide bonds. The van der Waals surface area contributed by atoms with E-state index in [0.29, 0.717) is 30.5 Å². The van der Waals surface area contributed by atoms with Gasteiger partial charge in [0.1, 0.15) is 0 Å². The first-order valence-corrected chi connectivity index (χ1v) is 8.32. The van der Waals surface area contributed by atoms with E-state index in [2.05, 4.69) is 22.4 Å². The van der Waals surface area contributed by atoms with Gasteiger partial charge in [-0.05, 0) is 24.0 Å². The minimum absolute atomic E-state index is 0.116. The monoisotopic (exact) mass is 324 g/mol. The van der Waals surface area contributed by atoms with Gasteiger partial charge in [-0.25, -0.2) is 0 Å². The number of nitrogens with zero attached hydrogens (tertiary/aromatic N) is 2. The van der Waals surface area contributed by atoms with Gasteiger partial charge >= 0.3 is 0 Å². The third-order valence-electron chi connectivity index (χ3n) is 4.94. The Hall–Kier alpha value is -2.63. The van der Waals surface area contributed by atoms with Crippen molar-refractivity contribution < 1.29 is 9.59 Å². The molecule has 1 saturated carbocycles. The van der Waals surface area contributed by atoms with Crippen LogP contribution in [-0.4, -0.2) is 45.5 Å². The molecule has 6 nitrogen and oxygen atoms in total. The SMILES string of the molecule is CC1CC1N1CC(NC(=O)c2ccccc2-c2cn[nH]c2)CC1=O. The lowest BCUT2D eigenvalue weighted by Gasteiger charge is -2.17. The fourth-order valence-electron chi connectivity index (χ4n) is 3.48. The number of likely N-dealkylation sites (tertiary alicyclic amines) is 1. The van der Waals surface area contributed by atoms with Crippen molar-refractivity contribution in [2.75, 3.05) is 6.54 Å². The molecule has 124 valence electrons. The summed E-state index contributed by atoms with van der Waals surface area (Å²) in [4.78, 5) is 26.8.